The van der Waals surface area contributed by atoms with Crippen molar-refractivity contribution in [2.24, 2.45) is 0 Å². The number of hydrogen-bond donors (Lipinski definition) is 1. The third kappa shape index (κ3) is 3.24. The number of hydrogen-bond acceptors (Lipinski definition) is 4. The first-order valence-corrected chi connectivity index (χ1v) is 6.26. The monoisotopic (exact) mass is 263 g/mol. The van der Waals surface area contributed by atoms with Crippen molar-refractivity contribution in [1.29, 1.82) is 0 Å². The van der Waals surface area contributed by atoms with Gasteiger partial charge in [0.15, 0.2) is 11.5 Å². The van der Waals surface area contributed by atoms with E-state index in [4.69, 9.17) is 9.47 Å². The highest BCUT2D eigenvalue weighted by Gasteiger charge is 2.14. The highest BCUT2D eigenvalue weighted by Crippen LogP contribution is 2.33. The summed E-state index contributed by atoms with van der Waals surface area (Å²) in [7, 11) is 0. The first-order chi connectivity index (χ1) is 9.08. The average molecular weight is 263 g/mol. The fourth-order valence-corrected chi connectivity index (χ4v) is 1.94. The molecule has 1 amide bonds. The second kappa shape index (κ2) is 5.73. The summed E-state index contributed by atoms with van der Waals surface area (Å²) in [6.07, 6.45) is 0.654. The van der Waals surface area contributed by atoms with Gasteiger partial charge in [-0.25, -0.2) is 0 Å². The molecule has 1 aliphatic rings. The van der Waals surface area contributed by atoms with Crippen molar-refractivity contribution in [3.8, 4) is 11.5 Å². The van der Waals surface area contributed by atoms with Crippen LogP contribution in [0.5, 0.6) is 11.5 Å². The van der Waals surface area contributed by atoms with Gasteiger partial charge in [0.2, 0.25) is 5.78 Å². The molecule has 0 saturated heterocycles. The van der Waals surface area contributed by atoms with E-state index < -0.39 is 11.7 Å². The summed E-state index contributed by atoms with van der Waals surface area (Å²) in [6, 6.07) is 3.88. The van der Waals surface area contributed by atoms with Crippen LogP contribution in [0.1, 0.15) is 18.1 Å². The number of carbonyl (C=O) groups excluding carboxylic acids is 2. The minimum atomic E-state index is -0.546. The number of benzene rings is 1. The topological polar surface area (TPSA) is 64.6 Å². The number of aryl methyl sites for hydroxylation is 1. The summed E-state index contributed by atoms with van der Waals surface area (Å²) in [6.45, 7) is 4.79. The number of ketones is 1. The van der Waals surface area contributed by atoms with E-state index in [1.807, 2.05) is 19.1 Å². The molecule has 1 aromatic rings. The maximum Gasteiger partial charge on any atom is 0.287 e. The summed E-state index contributed by atoms with van der Waals surface area (Å²) < 4.78 is 11.0. The second-order valence-corrected chi connectivity index (χ2v) is 4.48. The highest BCUT2D eigenvalue weighted by molar-refractivity contribution is 6.35. The largest absolute Gasteiger partial charge is 0.486 e. The van der Waals surface area contributed by atoms with Crippen molar-refractivity contribution in [2.75, 3.05) is 19.8 Å². The lowest BCUT2D eigenvalue weighted by Gasteiger charge is -2.20. The zero-order valence-electron chi connectivity index (χ0n) is 11.1. The Hall–Kier alpha value is -2.04. The maximum absolute atomic E-state index is 11.1. The molecular formula is C14H17NO4. The molecule has 0 saturated carbocycles. The third-order valence-corrected chi connectivity index (χ3v) is 3.00. The molecule has 0 aromatic heterocycles. The number of amides is 1. The number of fused-ring (bicyclic) bond motifs is 1. The summed E-state index contributed by atoms with van der Waals surface area (Å²) >= 11 is 0. The molecule has 102 valence electrons. The zero-order valence-corrected chi connectivity index (χ0v) is 11.1. The molecule has 19 heavy (non-hydrogen) atoms. The Morgan fingerprint density at radius 2 is 1.84 bits per heavy atom. The van der Waals surface area contributed by atoms with E-state index in [1.165, 1.54) is 6.92 Å². The Kier molecular flexibility index (Phi) is 4.04. The van der Waals surface area contributed by atoms with E-state index in [9.17, 15) is 9.59 Å². The van der Waals surface area contributed by atoms with Gasteiger partial charge in [0.25, 0.3) is 5.91 Å². The lowest BCUT2D eigenvalue weighted by molar-refractivity contribution is -0.136. The molecule has 0 aliphatic carbocycles. The molecule has 1 N–H and O–H groups in total. The number of ether oxygens (including phenoxy) is 2. The smallest absolute Gasteiger partial charge is 0.287 e. The molecule has 0 unspecified atom stereocenters. The standard InChI is InChI=1S/C14H17NO4/c1-9-7-12-13(19-6-5-18-12)8-11(9)3-4-15-14(17)10(2)16/h7-8H,3-6H2,1-2H3,(H,15,17). The molecular weight excluding hydrogens is 246 g/mol. The van der Waals surface area contributed by atoms with Crippen molar-refractivity contribution in [3.63, 3.8) is 0 Å². The van der Waals surface area contributed by atoms with Crippen molar-refractivity contribution in [2.45, 2.75) is 20.3 Å². The predicted molar refractivity (Wildman–Crippen MR) is 69.6 cm³/mol. The summed E-state index contributed by atoms with van der Waals surface area (Å²) in [4.78, 5) is 21.9. The fourth-order valence-electron chi connectivity index (χ4n) is 1.94. The van der Waals surface area contributed by atoms with Crippen LogP contribution in [0.2, 0.25) is 0 Å². The number of carbonyl (C=O) groups is 2. The highest BCUT2D eigenvalue weighted by atomic mass is 16.6. The van der Waals surface area contributed by atoms with Gasteiger partial charge in [-0.1, -0.05) is 0 Å². The Labute approximate surface area is 111 Å². The first kappa shape index (κ1) is 13.4. The molecule has 1 heterocycles. The van der Waals surface area contributed by atoms with Crippen molar-refractivity contribution in [1.82, 2.24) is 5.32 Å². The maximum atomic E-state index is 11.1. The fraction of sp³-hybridized carbons (Fsp3) is 0.429. The van der Waals surface area contributed by atoms with Crippen LogP contribution in [0.4, 0.5) is 0 Å². The quantitative estimate of drug-likeness (QED) is 0.824. The predicted octanol–water partition coefficient (Wildman–Crippen LogP) is 1.01. The van der Waals surface area contributed by atoms with Gasteiger partial charge in [-0.15, -0.1) is 0 Å². The van der Waals surface area contributed by atoms with Gasteiger partial charge < -0.3 is 14.8 Å². The van der Waals surface area contributed by atoms with Crippen LogP contribution < -0.4 is 14.8 Å². The zero-order chi connectivity index (χ0) is 13.8. The van der Waals surface area contributed by atoms with Gasteiger partial charge in [-0.05, 0) is 36.6 Å². The normalized spacial score (nSPS) is 12.9. The summed E-state index contributed by atoms with van der Waals surface area (Å²) in [5.74, 6) is 0.485. The van der Waals surface area contributed by atoms with Gasteiger partial charge in [0, 0.05) is 13.5 Å². The molecule has 5 nitrogen and oxygen atoms in total. The molecule has 1 aliphatic heterocycles. The molecule has 0 spiro atoms. The first-order valence-electron chi connectivity index (χ1n) is 6.26. The minimum Gasteiger partial charge on any atom is -0.486 e. The van der Waals surface area contributed by atoms with Crippen LogP contribution in [0.15, 0.2) is 12.1 Å². The van der Waals surface area contributed by atoms with E-state index in [2.05, 4.69) is 5.32 Å². The van der Waals surface area contributed by atoms with Gasteiger partial charge in [-0.2, -0.15) is 0 Å². The molecule has 0 fully saturated rings. The van der Waals surface area contributed by atoms with Crippen LogP contribution in [0.3, 0.4) is 0 Å². The average Bonchev–Trinajstić information content (AvgIpc) is 2.39. The lowest BCUT2D eigenvalue weighted by atomic mass is 10.0. The SMILES string of the molecule is CC(=O)C(=O)NCCc1cc2c(cc1C)OCCO2. The molecule has 2 rings (SSSR count). The molecule has 1 aromatic carbocycles. The number of Topliss-reactive ketones (excluding diaryl/α,β-unsaturated/α-hetero) is 1. The van der Waals surface area contributed by atoms with E-state index in [0.717, 1.165) is 22.6 Å². The second-order valence-electron chi connectivity index (χ2n) is 4.48. The Morgan fingerprint density at radius 3 is 2.47 bits per heavy atom. The summed E-state index contributed by atoms with van der Waals surface area (Å²) in [5, 5.41) is 2.58. The minimum absolute atomic E-state index is 0.429. The van der Waals surface area contributed by atoms with E-state index >= 15 is 0 Å². The molecule has 0 bridgehead atoms. The van der Waals surface area contributed by atoms with Crippen LogP contribution in [-0.4, -0.2) is 31.4 Å². The van der Waals surface area contributed by atoms with E-state index in [-0.39, 0.29) is 0 Å². The Balaban J connectivity index is 2.00. The molecule has 0 atom stereocenters. The summed E-state index contributed by atoms with van der Waals surface area (Å²) in [5.41, 5.74) is 2.16. The van der Waals surface area contributed by atoms with Crippen molar-refractivity contribution < 1.29 is 19.1 Å². The molecule has 5 heteroatoms. The lowest BCUT2D eigenvalue weighted by Crippen LogP contribution is -2.31. The van der Waals surface area contributed by atoms with Crippen LogP contribution in [-0.2, 0) is 16.0 Å². The number of rotatable bonds is 4. The van der Waals surface area contributed by atoms with Crippen LogP contribution in [0, 0.1) is 6.92 Å². The van der Waals surface area contributed by atoms with Gasteiger partial charge in [-0.3, -0.25) is 9.59 Å². The van der Waals surface area contributed by atoms with Crippen LogP contribution >= 0.6 is 0 Å². The number of nitrogens with one attached hydrogen (secondary N) is 1. The Morgan fingerprint density at radius 1 is 1.21 bits per heavy atom. The molecule has 0 radical (unpaired) electrons. The van der Waals surface area contributed by atoms with Crippen molar-refractivity contribution >= 4 is 11.7 Å². The van der Waals surface area contributed by atoms with Gasteiger partial charge >= 0.3 is 0 Å². The Bertz CT molecular complexity index is 510. The van der Waals surface area contributed by atoms with Gasteiger partial charge in [0.1, 0.15) is 13.2 Å². The van der Waals surface area contributed by atoms with Gasteiger partial charge in [0.05, 0.1) is 0 Å². The van der Waals surface area contributed by atoms with Crippen LogP contribution in [0.25, 0.3) is 0 Å². The van der Waals surface area contributed by atoms with Crippen molar-refractivity contribution in [3.05, 3.63) is 23.3 Å². The third-order valence-electron chi connectivity index (χ3n) is 3.00. The van der Waals surface area contributed by atoms with E-state index in [1.54, 1.807) is 0 Å². The van der Waals surface area contributed by atoms with E-state index in [0.29, 0.717) is 26.2 Å².